The first-order valence-corrected chi connectivity index (χ1v) is 9.10. The van der Waals surface area contributed by atoms with E-state index in [0.29, 0.717) is 18.2 Å². The van der Waals surface area contributed by atoms with Gasteiger partial charge in [-0.3, -0.25) is 4.79 Å². The third kappa shape index (κ3) is 4.55. The van der Waals surface area contributed by atoms with Gasteiger partial charge in [0.25, 0.3) is 0 Å². The summed E-state index contributed by atoms with van der Waals surface area (Å²) in [5, 5.41) is 3.68. The van der Waals surface area contributed by atoms with Crippen molar-refractivity contribution in [1.82, 2.24) is 14.9 Å². The van der Waals surface area contributed by atoms with Gasteiger partial charge in [-0.05, 0) is 56.2 Å². The Labute approximate surface area is 157 Å². The average molecular weight is 372 g/mol. The van der Waals surface area contributed by atoms with Gasteiger partial charge in [-0.1, -0.05) is 23.7 Å². The molecule has 0 radical (unpaired) electrons. The monoisotopic (exact) mass is 371 g/mol. The average Bonchev–Trinajstić information content (AvgIpc) is 3.09. The van der Waals surface area contributed by atoms with Crippen molar-refractivity contribution in [2.24, 2.45) is 0 Å². The Morgan fingerprint density at radius 3 is 2.77 bits per heavy atom. The van der Waals surface area contributed by atoms with E-state index >= 15 is 0 Å². The zero-order valence-electron chi connectivity index (χ0n) is 14.7. The molecule has 0 bridgehead atoms. The molecule has 0 unspecified atom stereocenters. The van der Waals surface area contributed by atoms with Gasteiger partial charge in [0, 0.05) is 11.6 Å². The SMILES string of the molecule is C[C@@H](C(=O)NCCCCOc1ccc(Cl)cc1)n1cnc2ccccc21. The summed E-state index contributed by atoms with van der Waals surface area (Å²) in [5.74, 6) is 0.797. The zero-order valence-corrected chi connectivity index (χ0v) is 15.4. The van der Waals surface area contributed by atoms with Gasteiger partial charge in [0.1, 0.15) is 11.8 Å². The van der Waals surface area contributed by atoms with Crippen molar-refractivity contribution in [2.75, 3.05) is 13.2 Å². The maximum Gasteiger partial charge on any atom is 0.242 e. The number of rotatable bonds is 8. The summed E-state index contributed by atoms with van der Waals surface area (Å²) < 4.78 is 7.54. The Balaban J connectivity index is 1.39. The van der Waals surface area contributed by atoms with Crippen molar-refractivity contribution in [3.05, 3.63) is 59.9 Å². The molecular weight excluding hydrogens is 350 g/mol. The van der Waals surface area contributed by atoms with Crippen LogP contribution in [0.1, 0.15) is 25.8 Å². The van der Waals surface area contributed by atoms with E-state index in [4.69, 9.17) is 16.3 Å². The second-order valence-corrected chi connectivity index (χ2v) is 6.55. The van der Waals surface area contributed by atoms with Gasteiger partial charge in [-0.2, -0.15) is 0 Å². The van der Waals surface area contributed by atoms with E-state index in [1.807, 2.05) is 47.9 Å². The van der Waals surface area contributed by atoms with Crippen molar-refractivity contribution in [1.29, 1.82) is 0 Å². The lowest BCUT2D eigenvalue weighted by Crippen LogP contribution is -2.31. The zero-order chi connectivity index (χ0) is 18.4. The van der Waals surface area contributed by atoms with E-state index in [2.05, 4.69) is 10.3 Å². The third-order valence-corrected chi connectivity index (χ3v) is 4.48. The number of fused-ring (bicyclic) bond motifs is 1. The number of benzene rings is 2. The predicted octanol–water partition coefficient (Wildman–Crippen LogP) is 4.23. The topological polar surface area (TPSA) is 56.1 Å². The minimum Gasteiger partial charge on any atom is -0.494 e. The van der Waals surface area contributed by atoms with Crippen LogP contribution >= 0.6 is 11.6 Å². The summed E-state index contributed by atoms with van der Waals surface area (Å²) in [4.78, 5) is 16.7. The molecule has 6 heteroatoms. The van der Waals surface area contributed by atoms with Crippen molar-refractivity contribution < 1.29 is 9.53 Å². The molecule has 136 valence electrons. The fraction of sp³-hybridized carbons (Fsp3) is 0.300. The van der Waals surface area contributed by atoms with E-state index in [0.717, 1.165) is 29.6 Å². The molecule has 1 N–H and O–H groups in total. The second-order valence-electron chi connectivity index (χ2n) is 6.12. The molecule has 1 aromatic heterocycles. The number of para-hydroxylation sites is 2. The molecular formula is C20H22ClN3O2. The molecule has 2 aromatic carbocycles. The van der Waals surface area contributed by atoms with Crippen molar-refractivity contribution in [2.45, 2.75) is 25.8 Å². The Morgan fingerprint density at radius 2 is 1.96 bits per heavy atom. The van der Waals surface area contributed by atoms with Gasteiger partial charge in [-0.25, -0.2) is 4.98 Å². The molecule has 3 rings (SSSR count). The number of ether oxygens (including phenoxy) is 1. The molecule has 0 fully saturated rings. The van der Waals surface area contributed by atoms with Gasteiger partial charge in [0.2, 0.25) is 5.91 Å². The Hall–Kier alpha value is -2.53. The van der Waals surface area contributed by atoms with E-state index in [-0.39, 0.29) is 11.9 Å². The van der Waals surface area contributed by atoms with Crippen molar-refractivity contribution >= 4 is 28.5 Å². The smallest absolute Gasteiger partial charge is 0.242 e. The van der Waals surface area contributed by atoms with Gasteiger partial charge >= 0.3 is 0 Å². The maximum atomic E-state index is 12.4. The van der Waals surface area contributed by atoms with E-state index < -0.39 is 0 Å². The van der Waals surface area contributed by atoms with Crippen LogP contribution in [0, 0.1) is 0 Å². The summed E-state index contributed by atoms with van der Waals surface area (Å²) in [5.41, 5.74) is 1.86. The second kappa shape index (κ2) is 8.72. The molecule has 0 spiro atoms. The quantitative estimate of drug-likeness (QED) is 0.603. The highest BCUT2D eigenvalue weighted by Crippen LogP contribution is 2.17. The molecule has 1 heterocycles. The molecule has 26 heavy (non-hydrogen) atoms. The number of imidazole rings is 1. The number of aromatic nitrogens is 2. The maximum absolute atomic E-state index is 12.4. The number of hydrogen-bond acceptors (Lipinski definition) is 3. The minimum atomic E-state index is -0.298. The van der Waals surface area contributed by atoms with Crippen LogP contribution in [-0.2, 0) is 4.79 Å². The van der Waals surface area contributed by atoms with E-state index in [9.17, 15) is 4.79 Å². The fourth-order valence-corrected chi connectivity index (χ4v) is 2.85. The van der Waals surface area contributed by atoms with Gasteiger partial charge in [0.05, 0.1) is 24.0 Å². The van der Waals surface area contributed by atoms with Crippen LogP contribution in [0.5, 0.6) is 5.75 Å². The third-order valence-electron chi connectivity index (χ3n) is 4.23. The Kier molecular flexibility index (Phi) is 6.12. The Morgan fingerprint density at radius 1 is 1.19 bits per heavy atom. The molecule has 0 saturated heterocycles. The highest BCUT2D eigenvalue weighted by Gasteiger charge is 2.16. The van der Waals surface area contributed by atoms with Gasteiger partial charge in [-0.15, -0.1) is 0 Å². The predicted molar refractivity (Wildman–Crippen MR) is 104 cm³/mol. The van der Waals surface area contributed by atoms with Crippen LogP contribution in [0.25, 0.3) is 11.0 Å². The summed E-state index contributed by atoms with van der Waals surface area (Å²) in [6.07, 6.45) is 3.44. The van der Waals surface area contributed by atoms with Gasteiger partial charge < -0.3 is 14.6 Å². The van der Waals surface area contributed by atoms with E-state index in [1.165, 1.54) is 0 Å². The number of nitrogens with one attached hydrogen (secondary N) is 1. The first-order chi connectivity index (χ1) is 12.6. The van der Waals surface area contributed by atoms with Crippen LogP contribution < -0.4 is 10.1 Å². The largest absolute Gasteiger partial charge is 0.494 e. The molecule has 5 nitrogen and oxygen atoms in total. The van der Waals surface area contributed by atoms with Crippen LogP contribution in [-0.4, -0.2) is 28.6 Å². The normalized spacial score (nSPS) is 12.1. The van der Waals surface area contributed by atoms with Crippen LogP contribution in [0.4, 0.5) is 0 Å². The summed E-state index contributed by atoms with van der Waals surface area (Å²) in [6, 6.07) is 14.8. The first kappa shape index (κ1) is 18.3. The van der Waals surface area contributed by atoms with Crippen LogP contribution in [0.15, 0.2) is 54.9 Å². The minimum absolute atomic E-state index is 0.00762. The van der Waals surface area contributed by atoms with Crippen molar-refractivity contribution in [3.8, 4) is 5.75 Å². The number of nitrogens with zero attached hydrogens (tertiary/aromatic N) is 2. The van der Waals surface area contributed by atoms with Gasteiger partial charge in [0.15, 0.2) is 0 Å². The standard InChI is InChI=1S/C20H22ClN3O2/c1-15(24-14-23-18-6-2-3-7-19(18)24)20(25)22-12-4-5-13-26-17-10-8-16(21)9-11-17/h2-3,6-11,14-15H,4-5,12-13H2,1H3,(H,22,25)/t15-/m0/s1. The van der Waals surface area contributed by atoms with Crippen LogP contribution in [0.2, 0.25) is 5.02 Å². The molecule has 0 aliphatic heterocycles. The Bertz CT molecular complexity index is 861. The summed E-state index contributed by atoms with van der Waals surface area (Å²) in [7, 11) is 0. The highest BCUT2D eigenvalue weighted by atomic mass is 35.5. The number of halogens is 1. The first-order valence-electron chi connectivity index (χ1n) is 8.73. The number of unbranched alkanes of at least 4 members (excludes halogenated alkanes) is 1. The highest BCUT2D eigenvalue weighted by molar-refractivity contribution is 6.30. The lowest BCUT2D eigenvalue weighted by Gasteiger charge is -2.14. The molecule has 0 aliphatic rings. The number of carbonyl (C=O) groups is 1. The van der Waals surface area contributed by atoms with E-state index in [1.54, 1.807) is 18.5 Å². The molecule has 0 aliphatic carbocycles. The fourth-order valence-electron chi connectivity index (χ4n) is 2.72. The molecule has 3 aromatic rings. The summed E-state index contributed by atoms with van der Waals surface area (Å²) in [6.45, 7) is 3.12. The number of hydrogen-bond donors (Lipinski definition) is 1. The summed E-state index contributed by atoms with van der Waals surface area (Å²) >= 11 is 5.84. The van der Waals surface area contributed by atoms with Crippen LogP contribution in [0.3, 0.4) is 0 Å². The molecule has 1 atom stereocenters. The lowest BCUT2D eigenvalue weighted by atomic mass is 10.2. The number of amides is 1. The van der Waals surface area contributed by atoms with Crippen molar-refractivity contribution in [3.63, 3.8) is 0 Å². The number of carbonyl (C=O) groups excluding carboxylic acids is 1. The molecule has 1 amide bonds. The lowest BCUT2D eigenvalue weighted by molar-refractivity contribution is -0.123. The molecule has 0 saturated carbocycles.